The monoisotopic (exact) mass is 932 g/mol. The summed E-state index contributed by atoms with van der Waals surface area (Å²) >= 11 is 0. The molecule has 0 unspecified atom stereocenters. The molecule has 17 heteroatoms. The first-order valence-electron chi connectivity index (χ1n) is 22.0. The number of halogens is 3. The maximum Gasteiger partial charge on any atom is 0.416 e. The molecule has 2 heterocycles. The van der Waals surface area contributed by atoms with Gasteiger partial charge in [-0.05, 0) is 64.9 Å². The topological polar surface area (TPSA) is 212 Å². The third-order valence-electron chi connectivity index (χ3n) is 11.3. The van der Waals surface area contributed by atoms with Crippen molar-refractivity contribution in [3.8, 4) is 0 Å². The van der Waals surface area contributed by atoms with Crippen LogP contribution >= 0.6 is 0 Å². The molecule has 354 valence electrons. The van der Waals surface area contributed by atoms with E-state index in [1.54, 1.807) is 97.1 Å². The number of nitrogens with one attached hydrogen (secondary N) is 6. The van der Waals surface area contributed by atoms with Gasteiger partial charge in [0.2, 0.25) is 35.4 Å². The molecule has 0 aromatic heterocycles. The second-order valence-electron chi connectivity index (χ2n) is 16.5. The number of amides is 6. The van der Waals surface area contributed by atoms with Crippen molar-refractivity contribution in [3.05, 3.63) is 173 Å². The van der Waals surface area contributed by atoms with E-state index in [0.29, 0.717) is 28.8 Å². The first-order valence-corrected chi connectivity index (χ1v) is 22.0. The van der Waals surface area contributed by atoms with Gasteiger partial charge in [0.15, 0.2) is 0 Å². The summed E-state index contributed by atoms with van der Waals surface area (Å²) < 4.78 is 40.7. The average Bonchev–Trinajstić information content (AvgIpc) is 3.32. The Kier molecular flexibility index (Phi) is 17.2. The molecule has 7 N–H and O–H groups in total. The minimum Gasteiger partial charge on any atom is -0.480 e. The van der Waals surface area contributed by atoms with Gasteiger partial charge in [0, 0.05) is 44.2 Å². The van der Waals surface area contributed by atoms with Crippen molar-refractivity contribution in [1.82, 2.24) is 26.6 Å². The molecule has 5 aromatic carbocycles. The van der Waals surface area contributed by atoms with E-state index in [9.17, 15) is 51.8 Å². The normalized spacial score (nSPS) is 19.2. The van der Waals surface area contributed by atoms with Gasteiger partial charge in [0.05, 0.1) is 5.56 Å². The van der Waals surface area contributed by atoms with E-state index in [1.807, 2.05) is 18.2 Å². The highest BCUT2D eigenvalue weighted by Gasteiger charge is 2.34. The molecule has 7 rings (SSSR count). The quantitative estimate of drug-likeness (QED) is 0.0858. The molecule has 2 aliphatic heterocycles. The van der Waals surface area contributed by atoms with Crippen LogP contribution in [-0.2, 0) is 71.8 Å². The van der Waals surface area contributed by atoms with Crippen LogP contribution in [0.15, 0.2) is 140 Å². The highest BCUT2D eigenvalue weighted by Crippen LogP contribution is 2.29. The summed E-state index contributed by atoms with van der Waals surface area (Å²) in [6.07, 6.45) is -5.64. The molecule has 5 aromatic rings. The summed E-state index contributed by atoms with van der Waals surface area (Å²) in [5, 5.41) is 26.1. The number of carboxylic acids is 1. The zero-order chi connectivity index (χ0) is 48.6. The minimum absolute atomic E-state index is 0.0469. The van der Waals surface area contributed by atoms with Gasteiger partial charge in [0.25, 0.3) is 0 Å². The van der Waals surface area contributed by atoms with Crippen LogP contribution in [0, 0.1) is 0 Å². The number of anilines is 1. The number of aryl methyl sites for hydroxylation is 1. The van der Waals surface area contributed by atoms with E-state index in [0.717, 1.165) is 29.8 Å². The van der Waals surface area contributed by atoms with Gasteiger partial charge in [-0.1, -0.05) is 115 Å². The summed E-state index contributed by atoms with van der Waals surface area (Å²) in [6, 6.07) is 29.5. The number of alkyl halides is 3. The Hall–Kier alpha value is -7.82. The van der Waals surface area contributed by atoms with Gasteiger partial charge in [-0.3, -0.25) is 28.8 Å². The van der Waals surface area contributed by atoms with Crippen molar-refractivity contribution in [2.45, 2.75) is 87.8 Å². The molecule has 0 saturated carbocycles. The van der Waals surface area contributed by atoms with Crippen LogP contribution in [0.2, 0.25) is 0 Å². The molecule has 2 aliphatic rings. The third kappa shape index (κ3) is 15.1. The number of hydrogen-bond donors (Lipinski definition) is 7. The highest BCUT2D eigenvalue weighted by molar-refractivity contribution is 5.97. The number of carboxylic acid groups (broad SMARTS) is 1. The Labute approximate surface area is 390 Å². The first kappa shape index (κ1) is 49.6. The van der Waals surface area contributed by atoms with Gasteiger partial charge in [-0.15, -0.1) is 0 Å². The molecule has 5 atom stereocenters. The number of carbonyl (C=O) groups excluding carboxylic acids is 6. The molecule has 6 amide bonds. The number of carbonyl (C=O) groups is 7. The SMILES string of the molecule is O=C1CCC(=O)N[C@H](CCc2ccccc2)C(=O)N[C@@H](Cc2ccc(C(F)(F)F)cc2)C(=O)N[C@H](Cc2ccccc2)C(=O)N[C@@H](C(=O)N[C@@H](Cc2ccccc2)C(=O)O)Cc2ccc(cc2)N1. The Morgan fingerprint density at radius 3 is 1.65 bits per heavy atom. The van der Waals surface area contributed by atoms with Gasteiger partial charge in [-0.2, -0.15) is 13.2 Å². The van der Waals surface area contributed by atoms with Crippen molar-refractivity contribution in [2.24, 2.45) is 0 Å². The van der Waals surface area contributed by atoms with E-state index in [-0.39, 0.29) is 50.5 Å². The molecule has 0 aliphatic carbocycles. The maximum absolute atomic E-state index is 14.6. The summed E-state index contributed by atoms with van der Waals surface area (Å²) in [5.41, 5.74) is 2.16. The fraction of sp³-hybridized carbons (Fsp3) is 0.275. The lowest BCUT2D eigenvalue weighted by atomic mass is 9.99. The largest absolute Gasteiger partial charge is 0.480 e. The zero-order valence-electron chi connectivity index (χ0n) is 36.8. The number of aliphatic carboxylic acids is 1. The van der Waals surface area contributed by atoms with Crippen LogP contribution in [0.3, 0.4) is 0 Å². The van der Waals surface area contributed by atoms with Crippen molar-refractivity contribution < 1.29 is 51.8 Å². The summed E-state index contributed by atoms with van der Waals surface area (Å²) in [4.78, 5) is 96.4. The van der Waals surface area contributed by atoms with Crippen LogP contribution in [0.1, 0.15) is 52.6 Å². The van der Waals surface area contributed by atoms with Crippen molar-refractivity contribution in [1.29, 1.82) is 0 Å². The van der Waals surface area contributed by atoms with E-state index < -0.39 is 83.4 Å². The summed E-state index contributed by atoms with van der Waals surface area (Å²) in [7, 11) is 0. The van der Waals surface area contributed by atoms with Crippen molar-refractivity contribution >= 4 is 47.1 Å². The lowest BCUT2D eigenvalue weighted by molar-refractivity contribution is -0.142. The van der Waals surface area contributed by atoms with Crippen LogP contribution in [0.4, 0.5) is 18.9 Å². The molecule has 0 fully saturated rings. The van der Waals surface area contributed by atoms with E-state index in [2.05, 4.69) is 31.9 Å². The summed E-state index contributed by atoms with van der Waals surface area (Å²) in [6.45, 7) is 0. The fourth-order valence-corrected chi connectivity index (χ4v) is 7.58. The Morgan fingerprint density at radius 2 is 1.09 bits per heavy atom. The summed E-state index contributed by atoms with van der Waals surface area (Å²) in [5.74, 6) is -5.95. The van der Waals surface area contributed by atoms with Crippen LogP contribution in [0.25, 0.3) is 0 Å². The smallest absolute Gasteiger partial charge is 0.416 e. The predicted molar refractivity (Wildman–Crippen MR) is 246 cm³/mol. The predicted octanol–water partition coefficient (Wildman–Crippen LogP) is 4.85. The molecule has 68 heavy (non-hydrogen) atoms. The number of fused-ring (bicyclic) bond motifs is 18. The highest BCUT2D eigenvalue weighted by atomic mass is 19.4. The molecular formula is C51H51F3N6O8. The number of benzene rings is 5. The maximum atomic E-state index is 14.6. The number of hydrogen-bond acceptors (Lipinski definition) is 7. The zero-order valence-corrected chi connectivity index (χ0v) is 36.8. The van der Waals surface area contributed by atoms with Crippen molar-refractivity contribution in [3.63, 3.8) is 0 Å². The van der Waals surface area contributed by atoms with Crippen molar-refractivity contribution in [2.75, 3.05) is 5.32 Å². The molecule has 14 nitrogen and oxygen atoms in total. The van der Waals surface area contributed by atoms with Gasteiger partial charge < -0.3 is 37.0 Å². The Morgan fingerprint density at radius 1 is 0.588 bits per heavy atom. The Bertz CT molecular complexity index is 2530. The Balaban J connectivity index is 1.37. The average molecular weight is 933 g/mol. The van der Waals surface area contributed by atoms with E-state index in [1.165, 1.54) is 0 Å². The van der Waals surface area contributed by atoms with E-state index >= 15 is 0 Å². The molecule has 0 spiro atoms. The first-order chi connectivity index (χ1) is 32.6. The fourth-order valence-electron chi connectivity index (χ4n) is 7.58. The van der Waals surface area contributed by atoms with Crippen LogP contribution in [0.5, 0.6) is 0 Å². The lowest BCUT2D eigenvalue weighted by Crippen LogP contribution is -2.60. The molecule has 0 saturated heterocycles. The third-order valence-corrected chi connectivity index (χ3v) is 11.3. The van der Waals surface area contributed by atoms with Crippen LogP contribution in [-0.4, -0.2) is 76.7 Å². The second-order valence-corrected chi connectivity index (χ2v) is 16.5. The second kappa shape index (κ2) is 23.6. The van der Waals surface area contributed by atoms with Gasteiger partial charge in [0.1, 0.15) is 30.2 Å². The molecule has 0 radical (unpaired) electrons. The van der Waals surface area contributed by atoms with Gasteiger partial charge in [-0.25, -0.2) is 4.79 Å². The number of rotatable bonds is 12. The van der Waals surface area contributed by atoms with Gasteiger partial charge >= 0.3 is 12.1 Å². The van der Waals surface area contributed by atoms with Crippen LogP contribution < -0.4 is 31.9 Å². The standard InChI is InChI=1S/C51H51F3N6O8/c52-51(53,54)37-21-16-35(17-22-37)29-41-48(65)58-40(28-33-12-6-2-7-13-33)47(64)59-42(49(66)60-43(50(67)68)31-34-14-8-3-9-15-34)30-36-18-23-38(24-19-36)55-44(61)26-27-45(62)56-39(46(63)57-41)25-20-32-10-4-1-5-11-32/h1-19,21-24,39-43H,20,25-31H2,(H,55,61)(H,56,62)(H,57,63)(H,58,65)(H,59,64)(H,60,66)(H,67,68)/t39-,40-,41+,42-,43+/m1/s1. The van der Waals surface area contributed by atoms with E-state index in [4.69, 9.17) is 0 Å². The molecular weight excluding hydrogens is 882 g/mol. The lowest BCUT2D eigenvalue weighted by Gasteiger charge is -2.27. The molecule has 2 bridgehead atoms. The minimum atomic E-state index is -4.65.